The van der Waals surface area contributed by atoms with Gasteiger partial charge in [0, 0.05) is 4.88 Å². The molecule has 6 nitrogen and oxygen atoms in total. The van der Waals surface area contributed by atoms with Gasteiger partial charge in [0.15, 0.2) is 0 Å². The van der Waals surface area contributed by atoms with Crippen molar-refractivity contribution in [3.05, 3.63) is 43.7 Å². The van der Waals surface area contributed by atoms with E-state index in [-0.39, 0.29) is 24.1 Å². The Morgan fingerprint density at radius 2 is 2.24 bits per heavy atom. The largest absolute Gasteiger partial charge is 0.346 e. The predicted octanol–water partition coefficient (Wildman–Crippen LogP) is 2.67. The van der Waals surface area contributed by atoms with Crippen molar-refractivity contribution in [1.29, 1.82) is 0 Å². The molecule has 130 valence electrons. The van der Waals surface area contributed by atoms with Crippen LogP contribution in [0.4, 0.5) is 0 Å². The normalized spacial score (nSPS) is 15.1. The lowest BCUT2D eigenvalue weighted by Gasteiger charge is -2.12. The van der Waals surface area contributed by atoms with Crippen LogP contribution in [0, 0.1) is 0 Å². The molecule has 0 bridgehead atoms. The summed E-state index contributed by atoms with van der Waals surface area (Å²) in [7, 11) is 0. The van der Waals surface area contributed by atoms with Crippen LogP contribution in [0.15, 0.2) is 22.6 Å². The first-order valence-corrected chi connectivity index (χ1v) is 10.0. The predicted molar refractivity (Wildman–Crippen MR) is 99.2 cm³/mol. The second-order valence-electron chi connectivity index (χ2n) is 6.23. The van der Waals surface area contributed by atoms with Crippen LogP contribution in [0.2, 0.25) is 0 Å². The summed E-state index contributed by atoms with van der Waals surface area (Å²) in [6.45, 7) is 1.90. The molecule has 25 heavy (non-hydrogen) atoms. The molecule has 3 heterocycles. The molecular formula is C17H18N4O2S2. The molecule has 1 N–H and O–H groups in total. The highest BCUT2D eigenvalue weighted by molar-refractivity contribution is 7.17. The van der Waals surface area contributed by atoms with Crippen LogP contribution in [0.3, 0.4) is 0 Å². The number of amides is 1. The second-order valence-corrected chi connectivity index (χ2v) is 8.26. The molecule has 1 unspecified atom stereocenters. The average Bonchev–Trinajstić information content (AvgIpc) is 3.24. The van der Waals surface area contributed by atoms with Gasteiger partial charge in [0.05, 0.1) is 23.6 Å². The number of hydrogen-bond acceptors (Lipinski definition) is 6. The van der Waals surface area contributed by atoms with E-state index in [9.17, 15) is 9.59 Å². The van der Waals surface area contributed by atoms with Gasteiger partial charge in [-0.25, -0.2) is 9.97 Å². The zero-order chi connectivity index (χ0) is 17.4. The van der Waals surface area contributed by atoms with Gasteiger partial charge in [0.1, 0.15) is 16.3 Å². The molecule has 1 aliphatic carbocycles. The fourth-order valence-corrected chi connectivity index (χ4v) is 5.00. The Hall–Kier alpha value is -2.06. The lowest BCUT2D eigenvalue weighted by atomic mass is 10.0. The molecule has 1 amide bonds. The van der Waals surface area contributed by atoms with Crippen molar-refractivity contribution in [3.8, 4) is 0 Å². The summed E-state index contributed by atoms with van der Waals surface area (Å²) in [5.74, 6) is -0.208. The Kier molecular flexibility index (Phi) is 4.39. The van der Waals surface area contributed by atoms with Gasteiger partial charge in [0.25, 0.3) is 5.56 Å². The van der Waals surface area contributed by atoms with E-state index in [1.165, 1.54) is 45.6 Å². The van der Waals surface area contributed by atoms with Crippen LogP contribution in [0.1, 0.15) is 41.4 Å². The van der Waals surface area contributed by atoms with E-state index in [1.54, 1.807) is 17.4 Å². The standard InChI is InChI=1S/C17H18N4O2S2/c1-10(16-20-11-4-2-3-5-13(11)25-16)19-14(22)8-21-9-18-12-6-7-24-15(12)17(21)23/h6-7,9-10H,2-5,8H2,1H3,(H,19,22). The number of aromatic nitrogens is 3. The molecule has 0 spiro atoms. The molecule has 0 aromatic carbocycles. The molecular weight excluding hydrogens is 356 g/mol. The highest BCUT2D eigenvalue weighted by Crippen LogP contribution is 2.29. The highest BCUT2D eigenvalue weighted by Gasteiger charge is 2.20. The zero-order valence-corrected chi connectivity index (χ0v) is 15.5. The molecule has 4 rings (SSSR count). The van der Waals surface area contributed by atoms with Gasteiger partial charge >= 0.3 is 0 Å². The Labute approximate surface area is 152 Å². The first-order valence-electron chi connectivity index (χ1n) is 8.32. The number of fused-ring (bicyclic) bond motifs is 2. The van der Waals surface area contributed by atoms with Crippen molar-refractivity contribution < 1.29 is 4.79 Å². The molecule has 0 saturated carbocycles. The van der Waals surface area contributed by atoms with Gasteiger partial charge < -0.3 is 5.32 Å². The molecule has 0 saturated heterocycles. The van der Waals surface area contributed by atoms with Crippen molar-refractivity contribution >= 4 is 38.8 Å². The van der Waals surface area contributed by atoms with Crippen molar-refractivity contribution in [2.75, 3.05) is 0 Å². The van der Waals surface area contributed by atoms with E-state index in [2.05, 4.69) is 15.3 Å². The van der Waals surface area contributed by atoms with Gasteiger partial charge in [-0.3, -0.25) is 14.2 Å². The van der Waals surface area contributed by atoms with Crippen molar-refractivity contribution in [1.82, 2.24) is 19.9 Å². The van der Waals surface area contributed by atoms with Gasteiger partial charge in [-0.1, -0.05) is 0 Å². The lowest BCUT2D eigenvalue weighted by Crippen LogP contribution is -2.33. The fourth-order valence-electron chi connectivity index (χ4n) is 3.05. The van der Waals surface area contributed by atoms with E-state index in [1.807, 2.05) is 12.3 Å². The number of carbonyl (C=O) groups is 1. The number of thiazole rings is 1. The van der Waals surface area contributed by atoms with E-state index in [0.29, 0.717) is 10.2 Å². The van der Waals surface area contributed by atoms with Gasteiger partial charge in [-0.15, -0.1) is 22.7 Å². The lowest BCUT2D eigenvalue weighted by molar-refractivity contribution is -0.122. The third kappa shape index (κ3) is 3.23. The summed E-state index contributed by atoms with van der Waals surface area (Å²) >= 11 is 3.04. The number of aryl methyl sites for hydroxylation is 2. The maximum atomic E-state index is 12.4. The van der Waals surface area contributed by atoms with E-state index in [4.69, 9.17) is 0 Å². The minimum atomic E-state index is -0.208. The maximum Gasteiger partial charge on any atom is 0.271 e. The number of thiophene rings is 1. The van der Waals surface area contributed by atoms with Gasteiger partial charge in [-0.2, -0.15) is 0 Å². The zero-order valence-electron chi connectivity index (χ0n) is 13.8. The fraction of sp³-hybridized carbons (Fsp3) is 0.412. The summed E-state index contributed by atoms with van der Waals surface area (Å²) in [6.07, 6.45) is 5.97. The second kappa shape index (κ2) is 6.68. The number of rotatable bonds is 4. The number of nitrogens with one attached hydrogen (secondary N) is 1. The molecule has 3 aromatic rings. The molecule has 0 radical (unpaired) electrons. The highest BCUT2D eigenvalue weighted by atomic mass is 32.1. The van der Waals surface area contributed by atoms with Crippen molar-refractivity contribution in [2.24, 2.45) is 0 Å². The Morgan fingerprint density at radius 3 is 3.08 bits per heavy atom. The van der Waals surface area contributed by atoms with E-state index < -0.39 is 0 Å². The van der Waals surface area contributed by atoms with Crippen LogP contribution in [0.25, 0.3) is 10.2 Å². The maximum absolute atomic E-state index is 12.4. The molecule has 0 aliphatic heterocycles. The quantitative estimate of drug-likeness (QED) is 0.762. The van der Waals surface area contributed by atoms with E-state index in [0.717, 1.165) is 17.8 Å². The molecule has 0 fully saturated rings. The third-order valence-corrected chi connectivity index (χ3v) is 6.59. The topological polar surface area (TPSA) is 76.9 Å². The smallest absolute Gasteiger partial charge is 0.271 e. The van der Waals surface area contributed by atoms with E-state index >= 15 is 0 Å². The monoisotopic (exact) mass is 374 g/mol. The summed E-state index contributed by atoms with van der Waals surface area (Å²) in [5.41, 5.74) is 1.69. The first kappa shape index (κ1) is 16.4. The average molecular weight is 374 g/mol. The molecule has 3 aromatic heterocycles. The summed E-state index contributed by atoms with van der Waals surface area (Å²) in [6, 6.07) is 1.65. The Balaban J connectivity index is 1.46. The SMILES string of the molecule is CC(NC(=O)Cn1cnc2ccsc2c1=O)c1nc2c(s1)CCCC2. The number of nitrogens with zero attached hydrogens (tertiary/aromatic N) is 3. The Bertz CT molecular complexity index is 965. The van der Waals surface area contributed by atoms with Crippen molar-refractivity contribution in [2.45, 2.75) is 45.2 Å². The van der Waals surface area contributed by atoms with Crippen LogP contribution in [-0.4, -0.2) is 20.4 Å². The van der Waals surface area contributed by atoms with Crippen molar-refractivity contribution in [3.63, 3.8) is 0 Å². The summed E-state index contributed by atoms with van der Waals surface area (Å²) < 4.78 is 1.93. The summed E-state index contributed by atoms with van der Waals surface area (Å²) in [5, 5.41) is 5.72. The number of carbonyl (C=O) groups excluding carboxylic acids is 1. The summed E-state index contributed by atoms with van der Waals surface area (Å²) in [4.78, 5) is 35.0. The first-order chi connectivity index (χ1) is 12.1. The molecule has 1 aliphatic rings. The number of hydrogen-bond donors (Lipinski definition) is 1. The van der Waals surface area contributed by atoms with Crippen LogP contribution in [0.5, 0.6) is 0 Å². The third-order valence-electron chi connectivity index (χ3n) is 4.36. The molecule has 1 atom stereocenters. The Morgan fingerprint density at radius 1 is 1.40 bits per heavy atom. The minimum absolute atomic E-state index is 0.0326. The van der Waals surface area contributed by atoms with Gasteiger partial charge in [0.2, 0.25) is 5.91 Å². The molecule has 8 heteroatoms. The minimum Gasteiger partial charge on any atom is -0.346 e. The van der Waals surface area contributed by atoms with Crippen LogP contribution >= 0.6 is 22.7 Å². The van der Waals surface area contributed by atoms with Crippen LogP contribution < -0.4 is 10.9 Å². The van der Waals surface area contributed by atoms with Gasteiger partial charge in [-0.05, 0) is 44.1 Å². The van der Waals surface area contributed by atoms with Crippen LogP contribution in [-0.2, 0) is 24.2 Å².